The van der Waals surface area contributed by atoms with Gasteiger partial charge in [-0.2, -0.15) is 0 Å². The Morgan fingerprint density at radius 1 is 1.06 bits per heavy atom. The van der Waals surface area contributed by atoms with Gasteiger partial charge in [0, 0.05) is 49.5 Å². The zero-order chi connectivity index (χ0) is 22.2. The standard InChI is InChI=1S/C24H29N3O4/c1-17-6-3-4-9-21(17)23(29)26-20-8-5-7-19(16-20)24(30)27-13-10-18(11-14-27)22(28)25-12-15-31-2/h3-9,16,18H,10-15H2,1-2H3,(H,25,28)(H,26,29). The molecule has 3 amide bonds. The number of hydrogen-bond acceptors (Lipinski definition) is 4. The number of benzene rings is 2. The van der Waals surface area contributed by atoms with Gasteiger partial charge in [-0.25, -0.2) is 0 Å². The molecule has 7 nitrogen and oxygen atoms in total. The third-order valence-corrected chi connectivity index (χ3v) is 5.52. The second-order valence-corrected chi connectivity index (χ2v) is 7.70. The molecular formula is C24H29N3O4. The molecule has 1 fully saturated rings. The number of nitrogens with zero attached hydrogens (tertiary/aromatic N) is 1. The summed E-state index contributed by atoms with van der Waals surface area (Å²) in [6.45, 7) is 3.92. The predicted molar refractivity (Wildman–Crippen MR) is 119 cm³/mol. The summed E-state index contributed by atoms with van der Waals surface area (Å²) in [5.74, 6) is -0.362. The van der Waals surface area contributed by atoms with Gasteiger partial charge in [-0.15, -0.1) is 0 Å². The third-order valence-electron chi connectivity index (χ3n) is 5.52. The Bertz CT molecular complexity index is 936. The van der Waals surface area contributed by atoms with E-state index in [0.717, 1.165) is 5.56 Å². The van der Waals surface area contributed by atoms with Crippen LogP contribution in [0.5, 0.6) is 0 Å². The maximum absolute atomic E-state index is 12.9. The molecule has 2 aromatic carbocycles. The molecule has 0 unspecified atom stereocenters. The molecule has 0 aliphatic carbocycles. The number of nitrogens with one attached hydrogen (secondary N) is 2. The molecule has 0 atom stereocenters. The van der Waals surface area contributed by atoms with Crippen LogP contribution < -0.4 is 10.6 Å². The number of rotatable bonds is 7. The van der Waals surface area contributed by atoms with Crippen molar-refractivity contribution in [1.29, 1.82) is 0 Å². The van der Waals surface area contributed by atoms with Gasteiger partial charge in [0.25, 0.3) is 11.8 Å². The highest BCUT2D eigenvalue weighted by Crippen LogP contribution is 2.21. The molecule has 1 aliphatic rings. The zero-order valence-corrected chi connectivity index (χ0v) is 18.0. The number of hydrogen-bond donors (Lipinski definition) is 2. The molecule has 0 bridgehead atoms. The first kappa shape index (κ1) is 22.5. The number of carbonyl (C=O) groups excluding carboxylic acids is 3. The predicted octanol–water partition coefficient (Wildman–Crippen LogP) is 2.86. The molecule has 31 heavy (non-hydrogen) atoms. The monoisotopic (exact) mass is 423 g/mol. The largest absolute Gasteiger partial charge is 0.383 e. The summed E-state index contributed by atoms with van der Waals surface area (Å²) in [6.07, 6.45) is 1.27. The highest BCUT2D eigenvalue weighted by Gasteiger charge is 2.27. The quantitative estimate of drug-likeness (QED) is 0.671. The molecule has 0 saturated carbocycles. The van der Waals surface area contributed by atoms with Crippen molar-refractivity contribution in [3.63, 3.8) is 0 Å². The van der Waals surface area contributed by atoms with E-state index in [-0.39, 0.29) is 23.6 Å². The Labute approximate surface area is 182 Å². The molecule has 3 rings (SSSR count). The summed E-state index contributed by atoms with van der Waals surface area (Å²) in [6, 6.07) is 14.3. The van der Waals surface area contributed by atoms with Crippen LogP contribution in [0.15, 0.2) is 48.5 Å². The molecule has 0 aromatic heterocycles. The molecule has 1 heterocycles. The molecule has 0 radical (unpaired) electrons. The van der Waals surface area contributed by atoms with E-state index in [0.29, 0.717) is 55.9 Å². The van der Waals surface area contributed by atoms with Crippen molar-refractivity contribution >= 4 is 23.4 Å². The van der Waals surface area contributed by atoms with Crippen molar-refractivity contribution < 1.29 is 19.1 Å². The molecule has 164 valence electrons. The Morgan fingerprint density at radius 3 is 2.52 bits per heavy atom. The van der Waals surface area contributed by atoms with Gasteiger partial charge >= 0.3 is 0 Å². The SMILES string of the molecule is COCCNC(=O)C1CCN(C(=O)c2cccc(NC(=O)c3ccccc3C)c2)CC1. The number of anilines is 1. The maximum Gasteiger partial charge on any atom is 0.255 e. The summed E-state index contributed by atoms with van der Waals surface area (Å²) in [4.78, 5) is 39.5. The fourth-order valence-corrected chi connectivity index (χ4v) is 3.70. The maximum atomic E-state index is 12.9. The minimum absolute atomic E-state index is 0.0186. The number of ether oxygens (including phenoxy) is 1. The first-order valence-corrected chi connectivity index (χ1v) is 10.5. The van der Waals surface area contributed by atoms with Crippen molar-refractivity contribution in [1.82, 2.24) is 10.2 Å². The smallest absolute Gasteiger partial charge is 0.255 e. The van der Waals surface area contributed by atoms with Crippen molar-refractivity contribution in [2.45, 2.75) is 19.8 Å². The van der Waals surface area contributed by atoms with Crippen LogP contribution in [0.3, 0.4) is 0 Å². The topological polar surface area (TPSA) is 87.7 Å². The zero-order valence-electron chi connectivity index (χ0n) is 18.0. The van der Waals surface area contributed by atoms with Crippen LogP contribution in [0.4, 0.5) is 5.69 Å². The lowest BCUT2D eigenvalue weighted by Gasteiger charge is -2.31. The average molecular weight is 424 g/mol. The Kier molecular flexibility index (Phi) is 7.78. The number of methoxy groups -OCH3 is 1. The van der Waals surface area contributed by atoms with Crippen LogP contribution in [0.25, 0.3) is 0 Å². The Hall–Kier alpha value is -3.19. The van der Waals surface area contributed by atoms with E-state index in [4.69, 9.17) is 4.74 Å². The summed E-state index contributed by atoms with van der Waals surface area (Å²) < 4.78 is 4.95. The van der Waals surface area contributed by atoms with Crippen molar-refractivity contribution in [2.24, 2.45) is 5.92 Å². The summed E-state index contributed by atoms with van der Waals surface area (Å²) >= 11 is 0. The van der Waals surface area contributed by atoms with E-state index >= 15 is 0 Å². The van der Waals surface area contributed by atoms with E-state index in [2.05, 4.69) is 10.6 Å². The van der Waals surface area contributed by atoms with Gasteiger partial charge in [0.1, 0.15) is 0 Å². The molecule has 1 aliphatic heterocycles. The van der Waals surface area contributed by atoms with Crippen molar-refractivity contribution in [2.75, 3.05) is 38.7 Å². The van der Waals surface area contributed by atoms with Crippen LogP contribution in [0.1, 0.15) is 39.1 Å². The summed E-state index contributed by atoms with van der Waals surface area (Å²) in [5, 5.41) is 5.74. The van der Waals surface area contributed by atoms with E-state index < -0.39 is 0 Å². The third kappa shape index (κ3) is 5.92. The van der Waals surface area contributed by atoms with Crippen LogP contribution in [-0.2, 0) is 9.53 Å². The van der Waals surface area contributed by atoms with Crippen LogP contribution in [0.2, 0.25) is 0 Å². The molecule has 2 aromatic rings. The average Bonchev–Trinajstić information content (AvgIpc) is 2.79. The second kappa shape index (κ2) is 10.7. The number of piperidine rings is 1. The summed E-state index contributed by atoms with van der Waals surface area (Å²) in [5.41, 5.74) is 2.59. The molecule has 0 spiro atoms. The van der Waals surface area contributed by atoms with Gasteiger partial charge < -0.3 is 20.3 Å². The Morgan fingerprint density at radius 2 is 1.81 bits per heavy atom. The molecule has 2 N–H and O–H groups in total. The highest BCUT2D eigenvalue weighted by molar-refractivity contribution is 6.06. The first-order chi connectivity index (χ1) is 15.0. The fraction of sp³-hybridized carbons (Fsp3) is 0.375. The van der Waals surface area contributed by atoms with Gasteiger partial charge in [-0.3, -0.25) is 14.4 Å². The number of amides is 3. The first-order valence-electron chi connectivity index (χ1n) is 10.5. The van der Waals surface area contributed by atoms with Crippen LogP contribution in [0, 0.1) is 12.8 Å². The highest BCUT2D eigenvalue weighted by atomic mass is 16.5. The molecule has 7 heteroatoms. The normalized spacial score (nSPS) is 14.2. The number of likely N-dealkylation sites (tertiary alicyclic amines) is 1. The number of aryl methyl sites for hydroxylation is 1. The minimum atomic E-state index is -0.206. The van der Waals surface area contributed by atoms with Gasteiger partial charge in [-0.05, 0) is 49.6 Å². The van der Waals surface area contributed by atoms with Crippen molar-refractivity contribution in [3.05, 3.63) is 65.2 Å². The molecule has 1 saturated heterocycles. The van der Waals surface area contributed by atoms with E-state index in [9.17, 15) is 14.4 Å². The number of carbonyl (C=O) groups is 3. The van der Waals surface area contributed by atoms with Crippen LogP contribution >= 0.6 is 0 Å². The molecular weight excluding hydrogens is 394 g/mol. The minimum Gasteiger partial charge on any atom is -0.383 e. The lowest BCUT2D eigenvalue weighted by atomic mass is 9.95. The lowest BCUT2D eigenvalue weighted by Crippen LogP contribution is -2.43. The second-order valence-electron chi connectivity index (χ2n) is 7.70. The summed E-state index contributed by atoms with van der Waals surface area (Å²) in [7, 11) is 1.60. The van der Waals surface area contributed by atoms with E-state index in [1.54, 1.807) is 42.3 Å². The lowest BCUT2D eigenvalue weighted by molar-refractivity contribution is -0.126. The van der Waals surface area contributed by atoms with Crippen molar-refractivity contribution in [3.8, 4) is 0 Å². The Balaban J connectivity index is 1.58. The van der Waals surface area contributed by atoms with Crippen LogP contribution in [-0.4, -0.2) is 56.0 Å². The van der Waals surface area contributed by atoms with E-state index in [1.165, 1.54) is 0 Å². The van der Waals surface area contributed by atoms with Gasteiger partial charge in [0.05, 0.1) is 6.61 Å². The van der Waals surface area contributed by atoms with Gasteiger partial charge in [-0.1, -0.05) is 24.3 Å². The van der Waals surface area contributed by atoms with Gasteiger partial charge in [0.15, 0.2) is 0 Å². The fourth-order valence-electron chi connectivity index (χ4n) is 3.70. The van der Waals surface area contributed by atoms with Gasteiger partial charge in [0.2, 0.25) is 5.91 Å². The van der Waals surface area contributed by atoms with E-state index in [1.807, 2.05) is 25.1 Å².